The maximum atomic E-state index is 11.1. The Kier molecular flexibility index (Phi) is 6.99. The highest BCUT2D eigenvalue weighted by Gasteiger charge is 2.05. The molecule has 0 rings (SSSR count). The first kappa shape index (κ1) is 13.1. The molecule has 0 amide bonds. The third-order valence-electron chi connectivity index (χ3n) is 2.09. The van der Waals surface area contributed by atoms with Gasteiger partial charge in [0.05, 0.1) is 0 Å². The predicted octanol–water partition coefficient (Wildman–Crippen LogP) is 3.06. The van der Waals surface area contributed by atoms with Gasteiger partial charge in [0.1, 0.15) is 5.78 Å². The normalized spacial score (nSPS) is 11.5. The zero-order valence-electron chi connectivity index (χ0n) is 9.43. The molecule has 0 bridgehead atoms. The fourth-order valence-electron chi connectivity index (χ4n) is 1.28. The quantitative estimate of drug-likeness (QED) is 0.463. The Morgan fingerprint density at radius 3 is 2.21 bits per heavy atom. The summed E-state index contributed by atoms with van der Waals surface area (Å²) in [6.07, 6.45) is 6.58. The molecule has 0 heterocycles. The summed E-state index contributed by atoms with van der Waals surface area (Å²) in [5, 5.41) is 0. The standard InChI is InChI=1S/C12H20O2/c1-4-5-6-7-8-12(11(3)14)9-10(2)13/h8H,4-7,9H2,1-3H3/b12-8-. The Morgan fingerprint density at radius 1 is 1.14 bits per heavy atom. The highest BCUT2D eigenvalue weighted by molar-refractivity contribution is 5.98. The third kappa shape index (κ3) is 6.58. The van der Waals surface area contributed by atoms with E-state index < -0.39 is 0 Å². The van der Waals surface area contributed by atoms with Gasteiger partial charge >= 0.3 is 0 Å². The number of rotatable bonds is 7. The van der Waals surface area contributed by atoms with Gasteiger partial charge in [-0.05, 0) is 32.3 Å². The Hall–Kier alpha value is -0.920. The van der Waals surface area contributed by atoms with Crippen molar-refractivity contribution in [1.29, 1.82) is 0 Å². The van der Waals surface area contributed by atoms with Crippen LogP contribution in [-0.2, 0) is 9.59 Å². The van der Waals surface area contributed by atoms with Crippen LogP contribution in [0.3, 0.4) is 0 Å². The van der Waals surface area contributed by atoms with Crippen LogP contribution in [0.25, 0.3) is 0 Å². The molecular formula is C12H20O2. The smallest absolute Gasteiger partial charge is 0.155 e. The number of Topliss-reactive ketones (excluding diaryl/α,β-unsaturated/α-hetero) is 2. The Bertz CT molecular complexity index is 226. The maximum absolute atomic E-state index is 11.1. The first-order chi connectivity index (χ1) is 6.57. The fourth-order valence-corrected chi connectivity index (χ4v) is 1.28. The number of hydrogen-bond donors (Lipinski definition) is 0. The first-order valence-electron chi connectivity index (χ1n) is 5.27. The number of carbonyl (C=O) groups excluding carboxylic acids is 2. The zero-order valence-corrected chi connectivity index (χ0v) is 9.43. The van der Waals surface area contributed by atoms with Crippen LogP contribution in [0.1, 0.15) is 52.9 Å². The molecule has 0 aromatic carbocycles. The van der Waals surface area contributed by atoms with E-state index in [4.69, 9.17) is 0 Å². The van der Waals surface area contributed by atoms with Crippen molar-refractivity contribution >= 4 is 11.6 Å². The molecule has 2 nitrogen and oxygen atoms in total. The average molecular weight is 196 g/mol. The summed E-state index contributed by atoms with van der Waals surface area (Å²) < 4.78 is 0. The van der Waals surface area contributed by atoms with Gasteiger partial charge in [0.2, 0.25) is 0 Å². The monoisotopic (exact) mass is 196 g/mol. The van der Waals surface area contributed by atoms with Gasteiger partial charge in [-0.3, -0.25) is 9.59 Å². The van der Waals surface area contributed by atoms with Crippen LogP contribution in [-0.4, -0.2) is 11.6 Å². The van der Waals surface area contributed by atoms with Crippen molar-refractivity contribution in [2.75, 3.05) is 0 Å². The molecule has 14 heavy (non-hydrogen) atoms. The number of unbranched alkanes of at least 4 members (excludes halogenated alkanes) is 3. The molecule has 2 heteroatoms. The summed E-state index contributed by atoms with van der Waals surface area (Å²) in [6, 6.07) is 0. The molecule has 0 fully saturated rings. The number of hydrogen-bond acceptors (Lipinski definition) is 2. The summed E-state index contributed by atoms with van der Waals surface area (Å²) in [5.41, 5.74) is 0.675. The van der Waals surface area contributed by atoms with Gasteiger partial charge in [-0.1, -0.05) is 25.8 Å². The molecule has 0 radical (unpaired) electrons. The highest BCUT2D eigenvalue weighted by Crippen LogP contribution is 2.08. The van der Waals surface area contributed by atoms with Crippen LogP contribution < -0.4 is 0 Å². The van der Waals surface area contributed by atoms with E-state index in [-0.39, 0.29) is 11.6 Å². The van der Waals surface area contributed by atoms with Gasteiger partial charge in [-0.15, -0.1) is 0 Å². The van der Waals surface area contributed by atoms with E-state index >= 15 is 0 Å². The minimum atomic E-state index is 0.0247. The van der Waals surface area contributed by atoms with Gasteiger partial charge in [0.25, 0.3) is 0 Å². The lowest BCUT2D eigenvalue weighted by Crippen LogP contribution is -2.02. The largest absolute Gasteiger partial charge is 0.300 e. The minimum Gasteiger partial charge on any atom is -0.300 e. The number of allylic oxidation sites excluding steroid dienone is 2. The van der Waals surface area contributed by atoms with Gasteiger partial charge in [0, 0.05) is 6.42 Å². The maximum Gasteiger partial charge on any atom is 0.155 e. The number of ketones is 2. The Labute approximate surface area is 86.4 Å². The van der Waals surface area contributed by atoms with E-state index in [0.717, 1.165) is 12.8 Å². The van der Waals surface area contributed by atoms with E-state index in [9.17, 15) is 9.59 Å². The number of carbonyl (C=O) groups is 2. The molecule has 0 saturated carbocycles. The van der Waals surface area contributed by atoms with Crippen molar-refractivity contribution < 1.29 is 9.59 Å². The van der Waals surface area contributed by atoms with Gasteiger partial charge in [0.15, 0.2) is 5.78 Å². The van der Waals surface area contributed by atoms with E-state index in [1.165, 1.54) is 26.7 Å². The predicted molar refractivity (Wildman–Crippen MR) is 58.2 cm³/mol. The van der Waals surface area contributed by atoms with Gasteiger partial charge in [-0.2, -0.15) is 0 Å². The molecule has 0 spiro atoms. The van der Waals surface area contributed by atoms with Crippen LogP contribution in [0.15, 0.2) is 11.6 Å². The second-order valence-electron chi connectivity index (χ2n) is 3.66. The SMILES string of the molecule is CCCCC/C=C(/CC(C)=O)C(C)=O. The zero-order chi connectivity index (χ0) is 11.0. The molecule has 0 N–H and O–H groups in total. The minimum absolute atomic E-state index is 0.0247. The van der Waals surface area contributed by atoms with E-state index in [0.29, 0.717) is 12.0 Å². The lowest BCUT2D eigenvalue weighted by Gasteiger charge is -2.00. The van der Waals surface area contributed by atoms with Crippen molar-refractivity contribution in [2.24, 2.45) is 0 Å². The van der Waals surface area contributed by atoms with Crippen molar-refractivity contribution in [3.63, 3.8) is 0 Å². The second kappa shape index (κ2) is 7.48. The first-order valence-corrected chi connectivity index (χ1v) is 5.27. The molecule has 0 aliphatic rings. The Morgan fingerprint density at radius 2 is 1.79 bits per heavy atom. The Balaban J connectivity index is 4.06. The summed E-state index contributed by atoms with van der Waals surface area (Å²) in [5.74, 6) is 0.0821. The second-order valence-corrected chi connectivity index (χ2v) is 3.66. The molecule has 0 aliphatic carbocycles. The van der Waals surface area contributed by atoms with Crippen molar-refractivity contribution in [2.45, 2.75) is 52.9 Å². The fraction of sp³-hybridized carbons (Fsp3) is 0.667. The third-order valence-corrected chi connectivity index (χ3v) is 2.09. The summed E-state index contributed by atoms with van der Waals surface area (Å²) in [6.45, 7) is 5.18. The van der Waals surface area contributed by atoms with Crippen LogP contribution in [0.2, 0.25) is 0 Å². The molecule has 0 atom stereocenters. The van der Waals surface area contributed by atoms with E-state index in [1.807, 2.05) is 6.08 Å². The lowest BCUT2D eigenvalue weighted by molar-refractivity contribution is -0.119. The summed E-state index contributed by atoms with van der Waals surface area (Å²) in [7, 11) is 0. The molecule has 0 aromatic heterocycles. The molecule has 80 valence electrons. The van der Waals surface area contributed by atoms with Crippen molar-refractivity contribution in [1.82, 2.24) is 0 Å². The van der Waals surface area contributed by atoms with Crippen molar-refractivity contribution in [3.05, 3.63) is 11.6 Å². The highest BCUT2D eigenvalue weighted by atomic mass is 16.1. The average Bonchev–Trinajstić information content (AvgIpc) is 2.09. The van der Waals surface area contributed by atoms with Gasteiger partial charge < -0.3 is 0 Å². The summed E-state index contributed by atoms with van der Waals surface area (Å²) in [4.78, 5) is 22.0. The topological polar surface area (TPSA) is 34.1 Å². The molecule has 0 aliphatic heterocycles. The van der Waals surface area contributed by atoms with Crippen LogP contribution in [0, 0.1) is 0 Å². The molecule has 0 unspecified atom stereocenters. The molecular weight excluding hydrogens is 176 g/mol. The molecule has 0 aromatic rings. The van der Waals surface area contributed by atoms with Crippen LogP contribution in [0.4, 0.5) is 0 Å². The lowest BCUT2D eigenvalue weighted by atomic mass is 10.0. The van der Waals surface area contributed by atoms with Crippen molar-refractivity contribution in [3.8, 4) is 0 Å². The molecule has 0 saturated heterocycles. The van der Waals surface area contributed by atoms with E-state index in [2.05, 4.69) is 6.92 Å². The van der Waals surface area contributed by atoms with Crippen LogP contribution >= 0.6 is 0 Å². The van der Waals surface area contributed by atoms with Gasteiger partial charge in [-0.25, -0.2) is 0 Å². The summed E-state index contributed by atoms with van der Waals surface area (Å²) >= 11 is 0. The van der Waals surface area contributed by atoms with E-state index in [1.54, 1.807) is 0 Å². The van der Waals surface area contributed by atoms with Crippen LogP contribution in [0.5, 0.6) is 0 Å².